The zero-order valence-corrected chi connectivity index (χ0v) is 14.9. The molecule has 0 atom stereocenters. The maximum absolute atomic E-state index is 5.42. The lowest BCUT2D eigenvalue weighted by molar-refractivity contribution is 0.363. The summed E-state index contributed by atoms with van der Waals surface area (Å²) in [5.74, 6) is 2.60. The highest BCUT2D eigenvalue weighted by Crippen LogP contribution is 2.29. The normalized spacial score (nSPS) is 10.7. The monoisotopic (exact) mass is 363 g/mol. The van der Waals surface area contributed by atoms with Crippen LogP contribution in [0.15, 0.2) is 59.1 Å². The second kappa shape index (κ2) is 7.28. The summed E-state index contributed by atoms with van der Waals surface area (Å²) < 4.78 is 16.0. The van der Waals surface area contributed by atoms with Gasteiger partial charge in [0.2, 0.25) is 5.82 Å². The molecule has 136 valence electrons. The molecule has 0 spiro atoms. The summed E-state index contributed by atoms with van der Waals surface area (Å²) in [6.07, 6.45) is 0. The van der Waals surface area contributed by atoms with Crippen molar-refractivity contribution in [2.45, 2.75) is 6.54 Å². The Morgan fingerprint density at radius 3 is 2.74 bits per heavy atom. The van der Waals surface area contributed by atoms with Gasteiger partial charge in [0.25, 0.3) is 0 Å². The SMILES string of the molecule is COc1cccc(-c2nnn(Cc3cc(-c4ccccc4OC)no3)n2)c1. The van der Waals surface area contributed by atoms with Crippen molar-refractivity contribution in [1.82, 2.24) is 25.4 Å². The minimum absolute atomic E-state index is 0.319. The van der Waals surface area contributed by atoms with Crippen molar-refractivity contribution in [3.63, 3.8) is 0 Å². The Labute approximate surface area is 155 Å². The lowest BCUT2D eigenvalue weighted by Crippen LogP contribution is -2.03. The van der Waals surface area contributed by atoms with E-state index in [4.69, 9.17) is 14.0 Å². The first-order chi connectivity index (χ1) is 13.3. The molecule has 0 saturated carbocycles. The molecule has 0 fully saturated rings. The Morgan fingerprint density at radius 2 is 1.89 bits per heavy atom. The van der Waals surface area contributed by atoms with Gasteiger partial charge >= 0.3 is 0 Å². The van der Waals surface area contributed by atoms with Gasteiger partial charge in [0.15, 0.2) is 5.76 Å². The number of tetrazole rings is 1. The molecule has 0 aliphatic carbocycles. The fraction of sp³-hybridized carbons (Fsp3) is 0.158. The Kier molecular flexibility index (Phi) is 4.52. The molecule has 8 nitrogen and oxygen atoms in total. The standard InChI is InChI=1S/C19H17N5O3/c1-25-14-7-5-6-13(10-14)19-20-23-24(21-19)12-15-11-17(22-27-15)16-8-3-4-9-18(16)26-2/h3-11H,12H2,1-2H3. The van der Waals surface area contributed by atoms with Gasteiger partial charge < -0.3 is 14.0 Å². The summed E-state index contributed by atoms with van der Waals surface area (Å²) in [5.41, 5.74) is 2.38. The predicted molar refractivity (Wildman–Crippen MR) is 97.4 cm³/mol. The first-order valence-electron chi connectivity index (χ1n) is 8.28. The number of ether oxygens (including phenoxy) is 2. The Hall–Kier alpha value is -3.68. The highest BCUT2D eigenvalue weighted by atomic mass is 16.5. The average Bonchev–Trinajstić information content (AvgIpc) is 3.38. The van der Waals surface area contributed by atoms with Gasteiger partial charge in [-0.2, -0.15) is 4.80 Å². The van der Waals surface area contributed by atoms with Gasteiger partial charge in [-0.15, -0.1) is 10.2 Å². The minimum Gasteiger partial charge on any atom is -0.497 e. The fourth-order valence-electron chi connectivity index (χ4n) is 2.70. The van der Waals surface area contributed by atoms with E-state index in [0.29, 0.717) is 23.8 Å². The van der Waals surface area contributed by atoms with Gasteiger partial charge in [0.05, 0.1) is 14.2 Å². The summed E-state index contributed by atoms with van der Waals surface area (Å²) in [4.78, 5) is 1.46. The predicted octanol–water partition coefficient (Wildman–Crippen LogP) is 3.06. The van der Waals surface area contributed by atoms with E-state index in [9.17, 15) is 0 Å². The minimum atomic E-state index is 0.319. The van der Waals surface area contributed by atoms with Gasteiger partial charge in [-0.1, -0.05) is 29.4 Å². The number of hydrogen-bond acceptors (Lipinski definition) is 7. The molecule has 2 heterocycles. The maximum atomic E-state index is 5.42. The van der Waals surface area contributed by atoms with Gasteiger partial charge in [0.1, 0.15) is 23.7 Å². The lowest BCUT2D eigenvalue weighted by Gasteiger charge is -2.03. The lowest BCUT2D eigenvalue weighted by atomic mass is 10.1. The highest BCUT2D eigenvalue weighted by Gasteiger charge is 2.13. The van der Waals surface area contributed by atoms with E-state index in [1.165, 1.54) is 4.80 Å². The molecule has 0 aliphatic rings. The van der Waals surface area contributed by atoms with Crippen LogP contribution in [0.4, 0.5) is 0 Å². The van der Waals surface area contributed by atoms with Crippen LogP contribution in [0.2, 0.25) is 0 Å². The summed E-state index contributed by atoms with van der Waals surface area (Å²) in [6.45, 7) is 0.319. The molecule has 0 unspecified atom stereocenters. The van der Waals surface area contributed by atoms with Crippen LogP contribution in [0.1, 0.15) is 5.76 Å². The van der Waals surface area contributed by atoms with E-state index >= 15 is 0 Å². The summed E-state index contributed by atoms with van der Waals surface area (Å²) >= 11 is 0. The van der Waals surface area contributed by atoms with Crippen LogP contribution in [0, 0.1) is 0 Å². The number of para-hydroxylation sites is 1. The van der Waals surface area contributed by atoms with Crippen LogP contribution < -0.4 is 9.47 Å². The van der Waals surface area contributed by atoms with Gasteiger partial charge in [-0.25, -0.2) is 0 Å². The van der Waals surface area contributed by atoms with Crippen LogP contribution in [-0.4, -0.2) is 39.6 Å². The number of aromatic nitrogens is 5. The van der Waals surface area contributed by atoms with Crippen LogP contribution in [0.5, 0.6) is 11.5 Å². The van der Waals surface area contributed by atoms with Crippen LogP contribution >= 0.6 is 0 Å². The van der Waals surface area contributed by atoms with Crippen LogP contribution in [0.25, 0.3) is 22.6 Å². The van der Waals surface area contributed by atoms with Crippen molar-refractivity contribution in [1.29, 1.82) is 0 Å². The quantitative estimate of drug-likeness (QED) is 0.520. The van der Waals surface area contributed by atoms with Gasteiger partial charge in [-0.05, 0) is 29.5 Å². The summed E-state index contributed by atoms with van der Waals surface area (Å²) in [7, 11) is 3.24. The zero-order chi connectivity index (χ0) is 18.6. The van der Waals surface area contributed by atoms with Crippen molar-refractivity contribution in [2.24, 2.45) is 0 Å². The molecule has 0 bridgehead atoms. The van der Waals surface area contributed by atoms with Crippen LogP contribution in [-0.2, 0) is 6.54 Å². The van der Waals surface area contributed by atoms with E-state index in [2.05, 4.69) is 20.6 Å². The summed E-state index contributed by atoms with van der Waals surface area (Å²) in [5, 5.41) is 16.7. The number of nitrogens with zero attached hydrogens (tertiary/aromatic N) is 5. The van der Waals surface area contributed by atoms with Crippen molar-refractivity contribution in [3.05, 3.63) is 60.4 Å². The van der Waals surface area contributed by atoms with Gasteiger partial charge in [-0.3, -0.25) is 0 Å². The molecular weight excluding hydrogens is 346 g/mol. The number of hydrogen-bond donors (Lipinski definition) is 0. The average molecular weight is 363 g/mol. The van der Waals surface area contributed by atoms with E-state index in [-0.39, 0.29) is 0 Å². The topological polar surface area (TPSA) is 88.1 Å². The molecule has 8 heteroatoms. The molecular formula is C19H17N5O3. The largest absolute Gasteiger partial charge is 0.497 e. The van der Waals surface area contributed by atoms with Crippen molar-refractivity contribution in [2.75, 3.05) is 14.2 Å². The Bertz CT molecular complexity index is 1060. The second-order valence-electron chi connectivity index (χ2n) is 5.75. The third kappa shape index (κ3) is 3.50. The van der Waals surface area contributed by atoms with E-state index in [1.54, 1.807) is 14.2 Å². The molecule has 4 aromatic rings. The zero-order valence-electron chi connectivity index (χ0n) is 14.9. The smallest absolute Gasteiger partial charge is 0.205 e. The van der Waals surface area contributed by atoms with Crippen molar-refractivity contribution >= 4 is 0 Å². The summed E-state index contributed by atoms with van der Waals surface area (Å²) in [6, 6.07) is 17.0. The highest BCUT2D eigenvalue weighted by molar-refractivity contribution is 5.66. The maximum Gasteiger partial charge on any atom is 0.205 e. The number of methoxy groups -OCH3 is 2. The molecule has 2 aromatic carbocycles. The Balaban J connectivity index is 1.54. The molecule has 0 aliphatic heterocycles. The molecule has 0 radical (unpaired) electrons. The Morgan fingerprint density at radius 1 is 1.00 bits per heavy atom. The number of rotatable bonds is 6. The first-order valence-corrected chi connectivity index (χ1v) is 8.28. The molecule has 2 aromatic heterocycles. The van der Waals surface area contributed by atoms with E-state index in [0.717, 1.165) is 22.6 Å². The van der Waals surface area contributed by atoms with Crippen molar-refractivity contribution < 1.29 is 14.0 Å². The second-order valence-corrected chi connectivity index (χ2v) is 5.75. The number of benzene rings is 2. The van der Waals surface area contributed by atoms with Gasteiger partial charge in [0, 0.05) is 17.2 Å². The molecule has 27 heavy (non-hydrogen) atoms. The molecule has 0 N–H and O–H groups in total. The first kappa shape index (κ1) is 16.8. The molecule has 0 saturated heterocycles. The third-order valence-corrected chi connectivity index (χ3v) is 4.02. The van der Waals surface area contributed by atoms with E-state index in [1.807, 2.05) is 54.6 Å². The molecule has 4 rings (SSSR count). The van der Waals surface area contributed by atoms with Crippen molar-refractivity contribution in [3.8, 4) is 34.1 Å². The fourth-order valence-corrected chi connectivity index (χ4v) is 2.70. The molecule has 0 amide bonds. The van der Waals surface area contributed by atoms with E-state index < -0.39 is 0 Å². The van der Waals surface area contributed by atoms with Crippen LogP contribution in [0.3, 0.4) is 0 Å². The third-order valence-electron chi connectivity index (χ3n) is 4.02.